The van der Waals surface area contributed by atoms with Gasteiger partial charge < -0.3 is 20.8 Å². The Bertz CT molecular complexity index is 1370. The van der Waals surface area contributed by atoms with Crippen molar-refractivity contribution in [2.45, 2.75) is 32.1 Å². The van der Waals surface area contributed by atoms with E-state index in [1.54, 1.807) is 10.8 Å². The van der Waals surface area contributed by atoms with Gasteiger partial charge in [0, 0.05) is 34.7 Å². The number of thiophene rings is 2. The second-order valence-corrected chi connectivity index (χ2v) is 10.5. The first-order valence-electron chi connectivity index (χ1n) is 12.2. The third kappa shape index (κ3) is 6.98. The minimum Gasteiger partial charge on any atom is -0.478 e. The van der Waals surface area contributed by atoms with E-state index in [4.69, 9.17) is 0 Å². The number of benzene rings is 2. The Labute approximate surface area is 233 Å². The molecule has 0 saturated heterocycles. The van der Waals surface area contributed by atoms with Crippen molar-refractivity contribution in [2.75, 3.05) is 10.6 Å². The van der Waals surface area contributed by atoms with E-state index in [1.165, 1.54) is 22.7 Å². The second-order valence-electron chi connectivity index (χ2n) is 8.71. The highest BCUT2D eigenvalue weighted by atomic mass is 32.1. The molecule has 0 aliphatic carbocycles. The maximum absolute atomic E-state index is 12.5. The summed E-state index contributed by atoms with van der Waals surface area (Å²) < 4.78 is 0. The lowest BCUT2D eigenvalue weighted by Crippen LogP contribution is -2.14. The molecule has 2 aromatic heterocycles. The van der Waals surface area contributed by atoms with Crippen molar-refractivity contribution in [3.05, 3.63) is 82.6 Å². The fourth-order valence-corrected chi connectivity index (χ4v) is 6.07. The molecule has 0 unspecified atom stereocenters. The van der Waals surface area contributed by atoms with Crippen LogP contribution in [0.2, 0.25) is 0 Å². The molecule has 0 bridgehead atoms. The average Bonchev–Trinajstić information content (AvgIpc) is 3.54. The van der Waals surface area contributed by atoms with Gasteiger partial charge in [-0.25, -0.2) is 9.59 Å². The van der Waals surface area contributed by atoms with Gasteiger partial charge in [0.1, 0.15) is 21.1 Å². The number of carboxylic acid groups (broad SMARTS) is 2. The molecular formula is C29H26N2O6S2. The number of anilines is 2. The topological polar surface area (TPSA) is 133 Å². The van der Waals surface area contributed by atoms with Crippen LogP contribution in [0, 0.1) is 0 Å². The van der Waals surface area contributed by atoms with Crippen LogP contribution in [-0.4, -0.2) is 34.0 Å². The third-order valence-electron chi connectivity index (χ3n) is 5.99. The number of hydrogen-bond acceptors (Lipinski definition) is 6. The van der Waals surface area contributed by atoms with E-state index in [2.05, 4.69) is 10.6 Å². The number of carbonyl (C=O) groups is 4. The Balaban J connectivity index is 1.25. The monoisotopic (exact) mass is 562 g/mol. The van der Waals surface area contributed by atoms with Gasteiger partial charge in [-0.05, 0) is 24.0 Å². The largest absolute Gasteiger partial charge is 0.478 e. The highest BCUT2D eigenvalue weighted by molar-refractivity contribution is 7.15. The molecule has 10 heteroatoms. The first-order valence-corrected chi connectivity index (χ1v) is 14.0. The van der Waals surface area contributed by atoms with Gasteiger partial charge in [-0.2, -0.15) is 0 Å². The molecule has 4 aromatic rings. The zero-order chi connectivity index (χ0) is 27.8. The van der Waals surface area contributed by atoms with Crippen LogP contribution < -0.4 is 10.6 Å². The van der Waals surface area contributed by atoms with Crippen LogP contribution in [0.25, 0.3) is 22.3 Å². The lowest BCUT2D eigenvalue weighted by Gasteiger charge is -2.07. The van der Waals surface area contributed by atoms with Gasteiger partial charge in [0.25, 0.3) is 0 Å². The highest BCUT2D eigenvalue weighted by Crippen LogP contribution is 2.37. The summed E-state index contributed by atoms with van der Waals surface area (Å²) in [7, 11) is 0. The van der Waals surface area contributed by atoms with Crippen molar-refractivity contribution in [2.24, 2.45) is 0 Å². The van der Waals surface area contributed by atoms with E-state index in [0.717, 1.165) is 11.1 Å². The smallest absolute Gasteiger partial charge is 0.339 e. The van der Waals surface area contributed by atoms with E-state index in [9.17, 15) is 29.4 Å². The van der Waals surface area contributed by atoms with Crippen molar-refractivity contribution in [1.82, 2.24) is 0 Å². The molecule has 39 heavy (non-hydrogen) atoms. The lowest BCUT2D eigenvalue weighted by atomic mass is 10.0. The van der Waals surface area contributed by atoms with Crippen LogP contribution in [-0.2, 0) is 9.59 Å². The van der Waals surface area contributed by atoms with Gasteiger partial charge in [0.05, 0.1) is 0 Å². The standard InChI is InChI=1S/C29H26N2O6S2/c32-22(30-26-24(28(34)35)20(16-38-26)18-10-4-1-5-11-18)14-8-3-9-15-23(33)31-27-25(29(36)37)21(17-39-27)19-12-6-2-7-13-19/h1-2,4-7,10-13,16-17H,3,8-9,14-15H2,(H,30,32)(H,31,33)(H,34,35)(H,36,37). The van der Waals surface area contributed by atoms with Crippen LogP contribution >= 0.6 is 22.7 Å². The summed E-state index contributed by atoms with van der Waals surface area (Å²) in [6.07, 6.45) is 2.03. The van der Waals surface area contributed by atoms with E-state index < -0.39 is 11.9 Å². The third-order valence-corrected chi connectivity index (χ3v) is 7.78. The minimum absolute atomic E-state index is 0.0703. The number of amides is 2. The van der Waals surface area contributed by atoms with Gasteiger partial charge >= 0.3 is 11.9 Å². The minimum atomic E-state index is -1.11. The summed E-state index contributed by atoms with van der Waals surface area (Å²) in [6, 6.07) is 18.3. The van der Waals surface area contributed by atoms with Crippen molar-refractivity contribution < 1.29 is 29.4 Å². The Morgan fingerprint density at radius 1 is 0.590 bits per heavy atom. The second kappa shape index (κ2) is 13.0. The maximum atomic E-state index is 12.5. The Kier molecular flexibility index (Phi) is 9.24. The molecular weight excluding hydrogens is 536 g/mol. The number of hydrogen-bond donors (Lipinski definition) is 4. The Hall–Kier alpha value is -4.28. The van der Waals surface area contributed by atoms with Crippen molar-refractivity contribution >= 4 is 56.4 Å². The fourth-order valence-electron chi connectivity index (χ4n) is 4.11. The number of aromatic carboxylic acids is 2. The van der Waals surface area contributed by atoms with Crippen molar-refractivity contribution in [1.29, 1.82) is 0 Å². The van der Waals surface area contributed by atoms with E-state index in [-0.39, 0.29) is 35.8 Å². The number of rotatable bonds is 12. The Morgan fingerprint density at radius 2 is 0.974 bits per heavy atom. The summed E-state index contributed by atoms with van der Waals surface area (Å²) in [5, 5.41) is 28.9. The summed E-state index contributed by atoms with van der Waals surface area (Å²) in [5.74, 6) is -2.80. The van der Waals surface area contributed by atoms with E-state index in [0.29, 0.717) is 40.4 Å². The molecule has 0 atom stereocenters. The average molecular weight is 563 g/mol. The molecule has 200 valence electrons. The SMILES string of the molecule is O=C(CCCCCC(=O)Nc1scc(-c2ccccc2)c1C(=O)O)Nc1scc(-c2ccccc2)c1C(=O)O. The van der Waals surface area contributed by atoms with Gasteiger partial charge in [-0.3, -0.25) is 9.59 Å². The van der Waals surface area contributed by atoms with Crippen LogP contribution in [0.1, 0.15) is 52.8 Å². The van der Waals surface area contributed by atoms with Crippen LogP contribution in [0.15, 0.2) is 71.4 Å². The van der Waals surface area contributed by atoms with E-state index in [1.807, 2.05) is 60.7 Å². The van der Waals surface area contributed by atoms with Gasteiger partial charge in [0.2, 0.25) is 11.8 Å². The number of unbranched alkanes of at least 4 members (excludes halogenated alkanes) is 2. The molecule has 0 spiro atoms. The molecule has 0 aliphatic rings. The van der Waals surface area contributed by atoms with Gasteiger partial charge in [-0.1, -0.05) is 67.1 Å². The summed E-state index contributed by atoms with van der Waals surface area (Å²) in [5.41, 5.74) is 2.78. The molecule has 8 nitrogen and oxygen atoms in total. The molecule has 2 heterocycles. The van der Waals surface area contributed by atoms with Crippen molar-refractivity contribution in [3.63, 3.8) is 0 Å². The molecule has 0 radical (unpaired) electrons. The fraction of sp³-hybridized carbons (Fsp3) is 0.172. The number of carbonyl (C=O) groups excluding carboxylic acids is 2. The quantitative estimate of drug-likeness (QED) is 0.137. The molecule has 4 N–H and O–H groups in total. The first kappa shape index (κ1) is 27.7. The van der Waals surface area contributed by atoms with Crippen LogP contribution in [0.3, 0.4) is 0 Å². The predicted molar refractivity (Wildman–Crippen MR) is 154 cm³/mol. The Morgan fingerprint density at radius 3 is 1.33 bits per heavy atom. The lowest BCUT2D eigenvalue weighted by molar-refractivity contribution is -0.116. The zero-order valence-corrected chi connectivity index (χ0v) is 22.4. The maximum Gasteiger partial charge on any atom is 0.339 e. The van der Waals surface area contributed by atoms with Gasteiger partial charge in [-0.15, -0.1) is 22.7 Å². The molecule has 4 rings (SSSR count). The molecule has 0 aliphatic heterocycles. The molecule has 2 aromatic carbocycles. The molecule has 0 saturated carbocycles. The number of carboxylic acids is 2. The molecule has 0 fully saturated rings. The van der Waals surface area contributed by atoms with E-state index >= 15 is 0 Å². The summed E-state index contributed by atoms with van der Waals surface area (Å²) in [6.45, 7) is 0. The molecule has 2 amide bonds. The zero-order valence-electron chi connectivity index (χ0n) is 20.8. The highest BCUT2D eigenvalue weighted by Gasteiger charge is 2.22. The normalized spacial score (nSPS) is 10.7. The predicted octanol–water partition coefficient (Wildman–Crippen LogP) is 7.07. The van der Waals surface area contributed by atoms with Gasteiger partial charge in [0.15, 0.2) is 0 Å². The van der Waals surface area contributed by atoms with Crippen LogP contribution in [0.4, 0.5) is 10.0 Å². The van der Waals surface area contributed by atoms with Crippen LogP contribution in [0.5, 0.6) is 0 Å². The van der Waals surface area contributed by atoms with Crippen molar-refractivity contribution in [3.8, 4) is 22.3 Å². The summed E-state index contributed by atoms with van der Waals surface area (Å²) in [4.78, 5) is 48.7. The summed E-state index contributed by atoms with van der Waals surface area (Å²) >= 11 is 2.35. The number of nitrogens with one attached hydrogen (secondary N) is 2. The first-order chi connectivity index (χ1) is 18.8.